The van der Waals surface area contributed by atoms with Crippen molar-refractivity contribution in [2.75, 3.05) is 13.2 Å². The van der Waals surface area contributed by atoms with Crippen molar-refractivity contribution >= 4 is 17.7 Å². The van der Waals surface area contributed by atoms with Crippen LogP contribution in [-0.2, 0) is 31.0 Å². The molecule has 54 heavy (non-hydrogen) atoms. The van der Waals surface area contributed by atoms with Crippen LogP contribution < -0.4 is 4.74 Å². The van der Waals surface area contributed by atoms with Gasteiger partial charge in [-0.25, -0.2) is 0 Å². The Bertz CT molecular complexity index is 2100. The molecule has 6 atom stereocenters. The molecule has 0 unspecified atom stereocenters. The van der Waals surface area contributed by atoms with Crippen LogP contribution in [0.4, 0.5) is 0 Å². The lowest BCUT2D eigenvalue weighted by atomic mass is 9.65. The van der Waals surface area contributed by atoms with Crippen LogP contribution in [-0.4, -0.2) is 62.8 Å². The number of carbonyl (C=O) groups excluding carboxylic acids is 2. The van der Waals surface area contributed by atoms with Crippen LogP contribution >= 0.6 is 0 Å². The van der Waals surface area contributed by atoms with Crippen LogP contribution in [0.15, 0.2) is 103 Å². The molecule has 4 aromatic rings. The van der Waals surface area contributed by atoms with Gasteiger partial charge in [0.1, 0.15) is 36.0 Å². The van der Waals surface area contributed by atoms with Crippen molar-refractivity contribution in [2.45, 2.75) is 80.2 Å². The van der Waals surface area contributed by atoms with Gasteiger partial charge < -0.3 is 24.8 Å². The third kappa shape index (κ3) is 6.08. The number of Topliss-reactive ketones (excluding diaryl/α,β-unsaturated/α-hetero) is 1. The second-order valence-corrected chi connectivity index (χ2v) is 14.9. The van der Waals surface area contributed by atoms with Crippen molar-refractivity contribution in [3.8, 4) is 17.6 Å². The molecule has 276 valence electrons. The number of aliphatic hydroxyl groups is 2. The Kier molecular flexibility index (Phi) is 9.61. The average molecular weight is 726 g/mol. The third-order valence-electron chi connectivity index (χ3n) is 11.8. The van der Waals surface area contributed by atoms with Crippen molar-refractivity contribution in [1.29, 1.82) is 0 Å². The third-order valence-corrected chi connectivity index (χ3v) is 11.8. The zero-order valence-corrected chi connectivity index (χ0v) is 29.9. The number of carbonyl (C=O) groups is 3. The van der Waals surface area contributed by atoms with Crippen LogP contribution in [0.3, 0.4) is 0 Å². The summed E-state index contributed by atoms with van der Waals surface area (Å²) >= 11 is 0. The summed E-state index contributed by atoms with van der Waals surface area (Å²) in [6, 6.07) is 28.6. The molecule has 3 fully saturated rings. The summed E-state index contributed by atoms with van der Waals surface area (Å²) in [5.74, 6) is 3.04. The number of cyclic esters (lactones) is 1. The van der Waals surface area contributed by atoms with E-state index >= 15 is 4.79 Å². The molecule has 0 aromatic heterocycles. The molecular formula is C45H43NO8. The van der Waals surface area contributed by atoms with E-state index in [1.165, 1.54) is 0 Å². The van der Waals surface area contributed by atoms with E-state index in [0.29, 0.717) is 40.8 Å². The zero-order valence-electron chi connectivity index (χ0n) is 29.9. The minimum absolute atomic E-state index is 0.0152. The highest BCUT2D eigenvalue weighted by molar-refractivity contribution is 6.04. The maximum atomic E-state index is 15.0. The van der Waals surface area contributed by atoms with Gasteiger partial charge in [0.05, 0.1) is 24.1 Å². The average Bonchev–Trinajstić information content (AvgIpc) is 3.56. The minimum Gasteiger partial charge on any atom is -0.491 e. The van der Waals surface area contributed by atoms with Crippen LogP contribution in [0.25, 0.3) is 0 Å². The number of carboxylic acids is 1. The van der Waals surface area contributed by atoms with Gasteiger partial charge in [0, 0.05) is 12.0 Å². The van der Waals surface area contributed by atoms with E-state index in [2.05, 4.69) is 11.8 Å². The summed E-state index contributed by atoms with van der Waals surface area (Å²) in [7, 11) is 0. The maximum Gasteiger partial charge on any atom is 0.325 e. The first-order chi connectivity index (χ1) is 26.2. The highest BCUT2D eigenvalue weighted by atomic mass is 16.6. The topological polar surface area (TPSA) is 134 Å². The Morgan fingerprint density at radius 3 is 2.15 bits per heavy atom. The molecule has 2 aliphatic carbocycles. The largest absolute Gasteiger partial charge is 0.491 e. The number of rotatable bonds is 7. The molecule has 0 radical (unpaired) electrons. The fourth-order valence-corrected chi connectivity index (χ4v) is 9.49. The monoisotopic (exact) mass is 725 g/mol. The van der Waals surface area contributed by atoms with E-state index in [4.69, 9.17) is 9.47 Å². The molecule has 0 bridgehead atoms. The minimum atomic E-state index is -1.71. The molecule has 8 rings (SSSR count). The smallest absolute Gasteiger partial charge is 0.325 e. The van der Waals surface area contributed by atoms with Gasteiger partial charge in [-0.15, -0.1) is 0 Å². The molecule has 1 spiro atoms. The number of ether oxygens (including phenoxy) is 2. The fourth-order valence-electron chi connectivity index (χ4n) is 9.49. The fraction of sp³-hybridized carbons (Fsp3) is 0.356. The summed E-state index contributed by atoms with van der Waals surface area (Å²) in [6.07, 6.45) is 4.21. The Labute approximate surface area is 314 Å². The van der Waals surface area contributed by atoms with Crippen molar-refractivity contribution in [1.82, 2.24) is 4.90 Å². The van der Waals surface area contributed by atoms with E-state index in [-0.39, 0.29) is 25.4 Å². The molecule has 1 saturated carbocycles. The van der Waals surface area contributed by atoms with E-state index in [0.717, 1.165) is 36.8 Å². The van der Waals surface area contributed by atoms with E-state index in [1.807, 2.05) is 95.9 Å². The number of fused-ring (bicyclic) bond motifs is 3. The number of aliphatic carboxylic acids is 1. The number of morpholine rings is 1. The first kappa shape index (κ1) is 35.7. The Hall–Kier alpha value is -5.27. The van der Waals surface area contributed by atoms with E-state index in [1.54, 1.807) is 12.1 Å². The first-order valence-electron chi connectivity index (χ1n) is 18.8. The summed E-state index contributed by atoms with van der Waals surface area (Å²) in [4.78, 5) is 45.4. The standard InChI is InChI=1S/C45H43NO8/c47-25-26-53-34-19-17-32(18-20-34)41-45(35-27-29(15-16-33(35)28-36(45)48)21-24-44(52)22-9-1-2-10-23-44)37(42(49)50)39-43(51)54-40(31-13-7-4-8-14-31)38(46(39)41)30-11-5-3-6-12-30/h3-8,11-20,27,37-41,47,52H,1-2,9-10,22-23,25-26,28H2,(H,49,50)/t37-,38-,39-,40+,41+,45-/m0/s1. The van der Waals surface area contributed by atoms with Crippen molar-refractivity contribution in [3.63, 3.8) is 0 Å². The molecular weight excluding hydrogens is 682 g/mol. The molecule has 2 heterocycles. The van der Waals surface area contributed by atoms with Crippen molar-refractivity contribution < 1.29 is 39.2 Å². The van der Waals surface area contributed by atoms with Crippen LogP contribution in [0.2, 0.25) is 0 Å². The van der Waals surface area contributed by atoms with Gasteiger partial charge in [0.25, 0.3) is 0 Å². The number of hydrogen-bond acceptors (Lipinski definition) is 8. The predicted octanol–water partition coefficient (Wildman–Crippen LogP) is 6.02. The van der Waals surface area contributed by atoms with Crippen LogP contribution in [0.1, 0.15) is 90.1 Å². The molecule has 2 aliphatic heterocycles. The van der Waals surface area contributed by atoms with Crippen LogP contribution in [0, 0.1) is 17.8 Å². The van der Waals surface area contributed by atoms with E-state index < -0.39 is 53.1 Å². The first-order valence-corrected chi connectivity index (χ1v) is 18.8. The second-order valence-electron chi connectivity index (χ2n) is 14.9. The zero-order chi connectivity index (χ0) is 37.5. The van der Waals surface area contributed by atoms with Crippen LogP contribution in [0.5, 0.6) is 5.75 Å². The molecule has 3 N–H and O–H groups in total. The molecule has 4 aromatic carbocycles. The van der Waals surface area contributed by atoms with Gasteiger partial charge in [-0.3, -0.25) is 19.3 Å². The SMILES string of the molecule is O=C1O[C@H](c2ccccc2)[C@H](c2ccccc2)N2[C@H]1[C@@H](C(=O)O)[C@]1(C(=O)Cc3ccc(C#CC4(O)CCCCCC4)cc31)[C@H]2c1ccc(OCCO)cc1. The predicted molar refractivity (Wildman–Crippen MR) is 199 cm³/mol. The maximum absolute atomic E-state index is 15.0. The van der Waals surface area contributed by atoms with Gasteiger partial charge in [-0.2, -0.15) is 0 Å². The lowest BCUT2D eigenvalue weighted by Gasteiger charge is -2.46. The van der Waals surface area contributed by atoms with Crippen molar-refractivity contribution in [3.05, 3.63) is 137 Å². The Balaban J connectivity index is 1.36. The number of esters is 1. The Morgan fingerprint density at radius 2 is 1.50 bits per heavy atom. The summed E-state index contributed by atoms with van der Waals surface area (Å²) < 4.78 is 12.0. The van der Waals surface area contributed by atoms with Gasteiger partial charge in [0.2, 0.25) is 0 Å². The second kappa shape index (κ2) is 14.5. The number of nitrogens with zero attached hydrogens (tertiary/aromatic N) is 1. The molecule has 2 saturated heterocycles. The van der Waals surface area contributed by atoms with Gasteiger partial charge in [0.15, 0.2) is 5.78 Å². The summed E-state index contributed by atoms with van der Waals surface area (Å²) in [5.41, 5.74) is 1.11. The summed E-state index contributed by atoms with van der Waals surface area (Å²) in [5, 5.41) is 32.0. The number of carboxylic acid groups (broad SMARTS) is 1. The highest BCUT2D eigenvalue weighted by Gasteiger charge is 2.73. The molecule has 4 aliphatic rings. The molecule has 9 nitrogen and oxygen atoms in total. The molecule has 9 heteroatoms. The number of benzene rings is 4. The van der Waals surface area contributed by atoms with Gasteiger partial charge in [-0.05, 0) is 77.8 Å². The normalized spacial score (nSPS) is 27.3. The number of aliphatic hydroxyl groups excluding tert-OH is 1. The lowest BCUT2D eigenvalue weighted by Crippen LogP contribution is -2.52. The van der Waals surface area contributed by atoms with Crippen molar-refractivity contribution in [2.24, 2.45) is 5.92 Å². The quantitative estimate of drug-likeness (QED) is 0.119. The number of hydrogen-bond donors (Lipinski definition) is 3. The van der Waals surface area contributed by atoms with Gasteiger partial charge >= 0.3 is 11.9 Å². The lowest BCUT2D eigenvalue weighted by molar-refractivity contribution is -0.179. The van der Waals surface area contributed by atoms with Gasteiger partial charge in [-0.1, -0.05) is 104 Å². The molecule has 0 amide bonds. The highest BCUT2D eigenvalue weighted by Crippen LogP contribution is 2.64. The number of ketones is 1. The Morgan fingerprint density at radius 1 is 0.833 bits per heavy atom. The summed E-state index contributed by atoms with van der Waals surface area (Å²) in [6.45, 7) is -0.0770. The van der Waals surface area contributed by atoms with E-state index in [9.17, 15) is 24.9 Å².